The van der Waals surface area contributed by atoms with Crippen LogP contribution in [0.1, 0.15) is 25.5 Å². The highest BCUT2D eigenvalue weighted by atomic mass is 19.1. The van der Waals surface area contributed by atoms with Crippen LogP contribution in [0, 0.1) is 11.6 Å². The van der Waals surface area contributed by atoms with Crippen LogP contribution in [0.2, 0.25) is 0 Å². The fourth-order valence-corrected chi connectivity index (χ4v) is 1.91. The molecule has 0 saturated carbocycles. The average Bonchev–Trinajstić information content (AvgIpc) is 2.29. The molecule has 1 aromatic carbocycles. The summed E-state index contributed by atoms with van der Waals surface area (Å²) in [4.78, 5) is 2.01. The van der Waals surface area contributed by atoms with E-state index in [1.165, 1.54) is 6.07 Å². The summed E-state index contributed by atoms with van der Waals surface area (Å²) in [6.45, 7) is 5.75. The normalized spacial score (nSPS) is 13.1. The summed E-state index contributed by atoms with van der Waals surface area (Å²) in [7, 11) is 0. The van der Waals surface area contributed by atoms with E-state index in [0.717, 1.165) is 25.2 Å². The van der Waals surface area contributed by atoms with Gasteiger partial charge in [-0.3, -0.25) is 4.90 Å². The van der Waals surface area contributed by atoms with E-state index in [4.69, 9.17) is 5.73 Å². The average molecular weight is 228 g/mol. The second kappa shape index (κ2) is 5.92. The molecule has 0 aliphatic carbocycles. The van der Waals surface area contributed by atoms with E-state index < -0.39 is 11.6 Å². The number of nitrogens with zero attached hydrogens (tertiary/aromatic N) is 1. The largest absolute Gasteiger partial charge is 0.329 e. The molecule has 0 aromatic heterocycles. The van der Waals surface area contributed by atoms with Crippen LogP contribution in [0.25, 0.3) is 0 Å². The Morgan fingerprint density at radius 1 is 1.25 bits per heavy atom. The van der Waals surface area contributed by atoms with Crippen molar-refractivity contribution in [2.45, 2.75) is 19.9 Å². The van der Waals surface area contributed by atoms with E-state index in [-0.39, 0.29) is 12.6 Å². The lowest BCUT2D eigenvalue weighted by atomic mass is 10.0. The predicted octanol–water partition coefficient (Wildman–Crippen LogP) is 2.31. The number of likely N-dealkylation sites (N-methyl/N-ethyl adjacent to an activating group) is 1. The SMILES string of the molecule is CCN(CC)[C@H](CN)c1cc(F)ccc1F. The number of halogens is 2. The van der Waals surface area contributed by atoms with E-state index >= 15 is 0 Å². The highest BCUT2D eigenvalue weighted by molar-refractivity contribution is 5.22. The third-order valence-electron chi connectivity index (χ3n) is 2.79. The van der Waals surface area contributed by atoms with Gasteiger partial charge in [0.25, 0.3) is 0 Å². The first kappa shape index (κ1) is 13.1. The van der Waals surface area contributed by atoms with Crippen LogP contribution in [-0.2, 0) is 0 Å². The minimum Gasteiger partial charge on any atom is -0.329 e. The van der Waals surface area contributed by atoms with Crippen molar-refractivity contribution < 1.29 is 8.78 Å². The van der Waals surface area contributed by atoms with Gasteiger partial charge in [-0.15, -0.1) is 0 Å². The van der Waals surface area contributed by atoms with Crippen molar-refractivity contribution in [1.29, 1.82) is 0 Å². The number of nitrogens with two attached hydrogens (primary N) is 1. The number of benzene rings is 1. The minimum atomic E-state index is -0.429. The molecule has 0 spiro atoms. The molecule has 90 valence electrons. The molecule has 4 heteroatoms. The first-order valence-electron chi connectivity index (χ1n) is 5.53. The number of hydrogen-bond donors (Lipinski definition) is 1. The molecular formula is C12H18F2N2. The third-order valence-corrected chi connectivity index (χ3v) is 2.79. The number of hydrogen-bond acceptors (Lipinski definition) is 2. The molecule has 0 heterocycles. The Labute approximate surface area is 95.1 Å². The standard InChI is InChI=1S/C12H18F2N2/c1-3-16(4-2)12(8-15)10-7-9(13)5-6-11(10)14/h5-7,12H,3-4,8,15H2,1-2H3/t12-/m1/s1. The van der Waals surface area contributed by atoms with Gasteiger partial charge in [-0.05, 0) is 31.3 Å². The van der Waals surface area contributed by atoms with Gasteiger partial charge in [0.2, 0.25) is 0 Å². The maximum atomic E-state index is 13.6. The van der Waals surface area contributed by atoms with Crippen molar-refractivity contribution in [3.8, 4) is 0 Å². The van der Waals surface area contributed by atoms with Crippen LogP contribution in [-0.4, -0.2) is 24.5 Å². The molecule has 1 aromatic rings. The van der Waals surface area contributed by atoms with Crippen molar-refractivity contribution in [3.63, 3.8) is 0 Å². The Hall–Kier alpha value is -1.00. The molecule has 2 N–H and O–H groups in total. The Morgan fingerprint density at radius 3 is 2.38 bits per heavy atom. The zero-order valence-corrected chi connectivity index (χ0v) is 9.71. The van der Waals surface area contributed by atoms with Gasteiger partial charge in [-0.1, -0.05) is 13.8 Å². The summed E-state index contributed by atoms with van der Waals surface area (Å²) in [5, 5.41) is 0. The molecule has 0 amide bonds. The van der Waals surface area contributed by atoms with Gasteiger partial charge >= 0.3 is 0 Å². The van der Waals surface area contributed by atoms with Crippen LogP contribution < -0.4 is 5.73 Å². The Kier molecular flexibility index (Phi) is 4.83. The van der Waals surface area contributed by atoms with Crippen LogP contribution in [0.5, 0.6) is 0 Å². The fraction of sp³-hybridized carbons (Fsp3) is 0.500. The summed E-state index contributed by atoms with van der Waals surface area (Å²) in [5.41, 5.74) is 5.98. The molecule has 0 unspecified atom stereocenters. The zero-order valence-electron chi connectivity index (χ0n) is 9.71. The second-order valence-electron chi connectivity index (χ2n) is 3.64. The molecule has 16 heavy (non-hydrogen) atoms. The van der Waals surface area contributed by atoms with Crippen LogP contribution in [0.4, 0.5) is 8.78 Å². The maximum Gasteiger partial charge on any atom is 0.128 e. The molecule has 0 saturated heterocycles. The molecule has 1 atom stereocenters. The molecule has 2 nitrogen and oxygen atoms in total. The van der Waals surface area contributed by atoms with Gasteiger partial charge in [-0.2, -0.15) is 0 Å². The monoisotopic (exact) mass is 228 g/mol. The van der Waals surface area contributed by atoms with Gasteiger partial charge in [0, 0.05) is 18.2 Å². The van der Waals surface area contributed by atoms with Crippen molar-refractivity contribution >= 4 is 0 Å². The predicted molar refractivity (Wildman–Crippen MR) is 61.1 cm³/mol. The first-order chi connectivity index (χ1) is 7.63. The van der Waals surface area contributed by atoms with Crippen LogP contribution in [0.3, 0.4) is 0 Å². The third kappa shape index (κ3) is 2.77. The lowest BCUT2D eigenvalue weighted by molar-refractivity contribution is 0.219. The van der Waals surface area contributed by atoms with Gasteiger partial charge in [-0.25, -0.2) is 8.78 Å². The highest BCUT2D eigenvalue weighted by Gasteiger charge is 2.20. The summed E-state index contributed by atoms with van der Waals surface area (Å²) < 4.78 is 26.7. The Bertz CT molecular complexity index is 338. The van der Waals surface area contributed by atoms with Crippen molar-refractivity contribution in [2.24, 2.45) is 5.73 Å². The van der Waals surface area contributed by atoms with Gasteiger partial charge in [0.15, 0.2) is 0 Å². The summed E-state index contributed by atoms with van der Waals surface area (Å²) in [6.07, 6.45) is 0. The molecule has 0 bridgehead atoms. The highest BCUT2D eigenvalue weighted by Crippen LogP contribution is 2.23. The van der Waals surface area contributed by atoms with E-state index in [9.17, 15) is 8.78 Å². The van der Waals surface area contributed by atoms with E-state index in [1.807, 2.05) is 18.7 Å². The molecule has 0 aliphatic rings. The Balaban J connectivity index is 3.06. The lowest BCUT2D eigenvalue weighted by Crippen LogP contribution is -2.34. The van der Waals surface area contributed by atoms with Crippen molar-refractivity contribution in [1.82, 2.24) is 4.90 Å². The summed E-state index contributed by atoms with van der Waals surface area (Å²) in [6, 6.07) is 3.24. The smallest absolute Gasteiger partial charge is 0.128 e. The van der Waals surface area contributed by atoms with E-state index in [1.54, 1.807) is 0 Å². The van der Waals surface area contributed by atoms with Crippen molar-refractivity contribution in [2.75, 3.05) is 19.6 Å². The minimum absolute atomic E-state index is 0.259. The zero-order chi connectivity index (χ0) is 12.1. The van der Waals surface area contributed by atoms with Crippen LogP contribution >= 0.6 is 0 Å². The van der Waals surface area contributed by atoms with E-state index in [2.05, 4.69) is 0 Å². The molecule has 0 radical (unpaired) electrons. The van der Waals surface area contributed by atoms with Gasteiger partial charge < -0.3 is 5.73 Å². The van der Waals surface area contributed by atoms with E-state index in [0.29, 0.717) is 5.56 Å². The van der Waals surface area contributed by atoms with Gasteiger partial charge in [0.05, 0.1) is 0 Å². The van der Waals surface area contributed by atoms with Gasteiger partial charge in [0.1, 0.15) is 11.6 Å². The number of rotatable bonds is 5. The topological polar surface area (TPSA) is 29.3 Å². The molecule has 1 rings (SSSR count). The molecule has 0 fully saturated rings. The maximum absolute atomic E-state index is 13.6. The van der Waals surface area contributed by atoms with Crippen molar-refractivity contribution in [3.05, 3.63) is 35.4 Å². The first-order valence-corrected chi connectivity index (χ1v) is 5.53. The second-order valence-corrected chi connectivity index (χ2v) is 3.64. The Morgan fingerprint density at radius 2 is 1.88 bits per heavy atom. The molecular weight excluding hydrogens is 210 g/mol. The van der Waals surface area contributed by atoms with Crippen LogP contribution in [0.15, 0.2) is 18.2 Å². The molecule has 0 aliphatic heterocycles. The summed E-state index contributed by atoms with van der Waals surface area (Å²) >= 11 is 0. The fourth-order valence-electron chi connectivity index (χ4n) is 1.91. The lowest BCUT2D eigenvalue weighted by Gasteiger charge is -2.29. The summed E-state index contributed by atoms with van der Waals surface area (Å²) in [5.74, 6) is -0.828. The quantitative estimate of drug-likeness (QED) is 0.838.